The molecule has 0 aliphatic rings. The lowest BCUT2D eigenvalue weighted by molar-refractivity contribution is -0.137. The predicted octanol–water partition coefficient (Wildman–Crippen LogP) is 3.97. The van der Waals surface area contributed by atoms with Gasteiger partial charge in [0.25, 0.3) is 0 Å². The monoisotopic (exact) mass is 260 g/mol. The van der Waals surface area contributed by atoms with Gasteiger partial charge in [0.2, 0.25) is 0 Å². The molecule has 0 aliphatic carbocycles. The Balaban J connectivity index is 2.39. The lowest BCUT2D eigenvalue weighted by atomic mass is 9.92. The van der Waals surface area contributed by atoms with E-state index in [1.54, 1.807) is 11.3 Å². The number of carboxylic acid groups (broad SMARTS) is 1. The van der Waals surface area contributed by atoms with Crippen LogP contribution in [-0.4, -0.2) is 11.1 Å². The highest BCUT2D eigenvalue weighted by molar-refractivity contribution is 7.10. The lowest BCUT2D eigenvalue weighted by Crippen LogP contribution is -2.07. The molecule has 0 aliphatic heterocycles. The Morgan fingerprint density at radius 3 is 2.61 bits per heavy atom. The van der Waals surface area contributed by atoms with Crippen LogP contribution in [0.4, 0.5) is 0 Å². The maximum Gasteiger partial charge on any atom is 0.304 e. The third-order valence-electron chi connectivity index (χ3n) is 3.20. The first-order chi connectivity index (χ1) is 8.58. The van der Waals surface area contributed by atoms with Gasteiger partial charge < -0.3 is 5.11 Å². The number of aryl methyl sites for hydroxylation is 2. The second kappa shape index (κ2) is 5.36. The van der Waals surface area contributed by atoms with Crippen molar-refractivity contribution < 1.29 is 9.90 Å². The summed E-state index contributed by atoms with van der Waals surface area (Å²) >= 11 is 1.61. The summed E-state index contributed by atoms with van der Waals surface area (Å²) in [7, 11) is 0. The van der Waals surface area contributed by atoms with Crippen molar-refractivity contribution in [1.82, 2.24) is 0 Å². The van der Waals surface area contributed by atoms with Gasteiger partial charge in [0.05, 0.1) is 6.42 Å². The summed E-state index contributed by atoms with van der Waals surface area (Å²) in [5, 5.41) is 11.1. The van der Waals surface area contributed by atoms with E-state index in [4.69, 9.17) is 5.11 Å². The Bertz CT molecular complexity index is 544. The van der Waals surface area contributed by atoms with Crippen LogP contribution in [0.15, 0.2) is 35.7 Å². The lowest BCUT2D eigenvalue weighted by Gasteiger charge is -2.15. The smallest absolute Gasteiger partial charge is 0.304 e. The summed E-state index contributed by atoms with van der Waals surface area (Å²) in [6.07, 6.45) is 0.142. The Labute approximate surface area is 111 Å². The first-order valence-electron chi connectivity index (χ1n) is 5.90. The molecule has 0 saturated carbocycles. The minimum atomic E-state index is -0.758. The predicted molar refractivity (Wildman–Crippen MR) is 74.3 cm³/mol. The Morgan fingerprint density at radius 2 is 2.06 bits per heavy atom. The number of hydrogen-bond acceptors (Lipinski definition) is 2. The highest BCUT2D eigenvalue weighted by atomic mass is 32.1. The average Bonchev–Trinajstić information content (AvgIpc) is 2.83. The van der Waals surface area contributed by atoms with Gasteiger partial charge in [-0.15, -0.1) is 11.3 Å². The number of benzene rings is 1. The van der Waals surface area contributed by atoms with Gasteiger partial charge >= 0.3 is 5.97 Å². The van der Waals surface area contributed by atoms with E-state index < -0.39 is 5.97 Å². The van der Waals surface area contributed by atoms with E-state index in [1.807, 2.05) is 23.6 Å². The summed E-state index contributed by atoms with van der Waals surface area (Å²) in [4.78, 5) is 12.1. The van der Waals surface area contributed by atoms with Gasteiger partial charge in [-0.1, -0.05) is 24.3 Å². The third-order valence-corrected chi connectivity index (χ3v) is 4.18. The molecule has 1 atom stereocenters. The average molecular weight is 260 g/mol. The van der Waals surface area contributed by atoms with Gasteiger partial charge in [-0.3, -0.25) is 4.79 Å². The summed E-state index contributed by atoms with van der Waals surface area (Å²) in [5.41, 5.74) is 3.53. The van der Waals surface area contributed by atoms with Crippen LogP contribution in [0.2, 0.25) is 0 Å². The zero-order valence-electron chi connectivity index (χ0n) is 10.5. The highest BCUT2D eigenvalue weighted by Crippen LogP contribution is 2.32. The summed E-state index contributed by atoms with van der Waals surface area (Å²) in [6, 6.07) is 10.2. The third kappa shape index (κ3) is 2.79. The quantitative estimate of drug-likeness (QED) is 0.903. The molecule has 2 aromatic rings. The molecule has 0 saturated heterocycles. The van der Waals surface area contributed by atoms with Crippen LogP contribution in [0.25, 0.3) is 0 Å². The van der Waals surface area contributed by atoms with E-state index in [0.29, 0.717) is 0 Å². The molecule has 2 rings (SSSR count). The van der Waals surface area contributed by atoms with Crippen molar-refractivity contribution in [1.29, 1.82) is 0 Å². The van der Waals surface area contributed by atoms with Crippen molar-refractivity contribution in [3.8, 4) is 0 Å². The molecule has 1 aromatic heterocycles. The Kier molecular flexibility index (Phi) is 3.82. The fourth-order valence-corrected chi connectivity index (χ4v) is 2.88. The molecule has 18 heavy (non-hydrogen) atoms. The van der Waals surface area contributed by atoms with Crippen molar-refractivity contribution in [3.05, 3.63) is 57.3 Å². The normalized spacial score (nSPS) is 12.3. The molecule has 0 bridgehead atoms. The molecule has 0 radical (unpaired) electrons. The minimum absolute atomic E-state index is 0.0400. The number of carboxylic acids is 1. The van der Waals surface area contributed by atoms with Gasteiger partial charge in [0.15, 0.2) is 0 Å². The first-order valence-corrected chi connectivity index (χ1v) is 6.78. The van der Waals surface area contributed by atoms with Crippen LogP contribution >= 0.6 is 11.3 Å². The van der Waals surface area contributed by atoms with E-state index in [1.165, 1.54) is 11.1 Å². The standard InChI is InChI=1S/C15H16O2S/c1-10-5-6-12(8-11(10)2)13(9-15(16)17)14-4-3-7-18-14/h3-8,13H,9H2,1-2H3,(H,16,17). The van der Waals surface area contributed by atoms with Gasteiger partial charge in [-0.25, -0.2) is 0 Å². The van der Waals surface area contributed by atoms with E-state index in [2.05, 4.69) is 26.0 Å². The summed E-state index contributed by atoms with van der Waals surface area (Å²) in [6.45, 7) is 4.13. The zero-order valence-corrected chi connectivity index (χ0v) is 11.3. The number of aliphatic carboxylic acids is 1. The molecule has 3 heteroatoms. The van der Waals surface area contributed by atoms with Crippen molar-refractivity contribution in [3.63, 3.8) is 0 Å². The molecular formula is C15H16O2S. The number of carbonyl (C=O) groups is 1. The Morgan fingerprint density at radius 1 is 1.28 bits per heavy atom. The van der Waals surface area contributed by atoms with E-state index in [-0.39, 0.29) is 12.3 Å². The molecule has 0 spiro atoms. The topological polar surface area (TPSA) is 37.3 Å². The highest BCUT2D eigenvalue weighted by Gasteiger charge is 2.19. The molecule has 2 nitrogen and oxygen atoms in total. The fourth-order valence-electron chi connectivity index (χ4n) is 2.03. The largest absolute Gasteiger partial charge is 0.481 e. The molecule has 0 amide bonds. The summed E-state index contributed by atoms with van der Waals surface area (Å²) < 4.78 is 0. The van der Waals surface area contributed by atoms with Crippen molar-refractivity contribution in [2.24, 2.45) is 0 Å². The summed E-state index contributed by atoms with van der Waals surface area (Å²) in [5.74, 6) is -0.798. The van der Waals surface area contributed by atoms with E-state index in [9.17, 15) is 4.79 Å². The van der Waals surface area contributed by atoms with Crippen LogP contribution in [0.1, 0.15) is 33.9 Å². The SMILES string of the molecule is Cc1ccc(C(CC(=O)O)c2cccs2)cc1C. The van der Waals surface area contributed by atoms with Gasteiger partial charge in [0.1, 0.15) is 0 Å². The van der Waals surface area contributed by atoms with E-state index in [0.717, 1.165) is 10.4 Å². The van der Waals surface area contributed by atoms with Gasteiger partial charge in [0, 0.05) is 10.8 Å². The number of rotatable bonds is 4. The van der Waals surface area contributed by atoms with Crippen LogP contribution in [0.3, 0.4) is 0 Å². The second-order valence-electron chi connectivity index (χ2n) is 4.51. The maximum atomic E-state index is 11.0. The maximum absolute atomic E-state index is 11.0. The molecule has 1 N–H and O–H groups in total. The number of thiophene rings is 1. The van der Waals surface area contributed by atoms with Crippen LogP contribution < -0.4 is 0 Å². The van der Waals surface area contributed by atoms with Gasteiger partial charge in [-0.2, -0.15) is 0 Å². The molecule has 0 fully saturated rings. The molecular weight excluding hydrogens is 244 g/mol. The molecule has 1 heterocycles. The zero-order chi connectivity index (χ0) is 13.1. The van der Waals surface area contributed by atoms with Crippen LogP contribution in [-0.2, 0) is 4.79 Å². The van der Waals surface area contributed by atoms with Crippen LogP contribution in [0, 0.1) is 13.8 Å². The molecule has 94 valence electrons. The first kappa shape index (κ1) is 12.8. The van der Waals surface area contributed by atoms with Crippen molar-refractivity contribution >= 4 is 17.3 Å². The molecule has 1 unspecified atom stereocenters. The minimum Gasteiger partial charge on any atom is -0.481 e. The second-order valence-corrected chi connectivity index (χ2v) is 5.49. The van der Waals surface area contributed by atoms with Crippen molar-refractivity contribution in [2.45, 2.75) is 26.2 Å². The Hall–Kier alpha value is -1.61. The number of hydrogen-bond donors (Lipinski definition) is 1. The fraction of sp³-hybridized carbons (Fsp3) is 0.267. The molecule has 1 aromatic carbocycles. The van der Waals surface area contributed by atoms with E-state index >= 15 is 0 Å². The van der Waals surface area contributed by atoms with Crippen LogP contribution in [0.5, 0.6) is 0 Å². The van der Waals surface area contributed by atoms with Gasteiger partial charge in [-0.05, 0) is 42.0 Å². The van der Waals surface area contributed by atoms with Crippen molar-refractivity contribution in [2.75, 3.05) is 0 Å².